The van der Waals surface area contributed by atoms with E-state index in [0.29, 0.717) is 12.8 Å². The van der Waals surface area contributed by atoms with E-state index in [1.165, 1.54) is 0 Å². The standard InChI is InChI=1S/C22H21NO4/c24-21(25)13-7-16-3-9-18(10-4-16)20-2-1-15-23(20)19-11-5-17(6-12-19)8-14-22(26)27/h1-6,9-12,15H,7-8,13-14H2,(H,24,25)(H,26,27). The highest BCUT2D eigenvalue weighted by atomic mass is 16.4. The molecule has 0 atom stereocenters. The van der Waals surface area contributed by atoms with E-state index in [9.17, 15) is 9.59 Å². The number of aliphatic carboxylic acids is 2. The van der Waals surface area contributed by atoms with Crippen molar-refractivity contribution >= 4 is 11.9 Å². The van der Waals surface area contributed by atoms with Gasteiger partial charge in [0.25, 0.3) is 0 Å². The molecule has 138 valence electrons. The van der Waals surface area contributed by atoms with Gasteiger partial charge in [0.1, 0.15) is 0 Å². The first-order valence-corrected chi connectivity index (χ1v) is 8.82. The summed E-state index contributed by atoms with van der Waals surface area (Å²) < 4.78 is 2.08. The summed E-state index contributed by atoms with van der Waals surface area (Å²) in [7, 11) is 0. The van der Waals surface area contributed by atoms with Crippen molar-refractivity contribution in [2.75, 3.05) is 0 Å². The predicted octanol–water partition coefficient (Wildman–Crippen LogP) is 4.18. The summed E-state index contributed by atoms with van der Waals surface area (Å²) in [4.78, 5) is 21.4. The zero-order chi connectivity index (χ0) is 19.2. The number of nitrogens with zero attached hydrogens (tertiary/aromatic N) is 1. The molecular weight excluding hydrogens is 342 g/mol. The Morgan fingerprint density at radius 3 is 1.78 bits per heavy atom. The van der Waals surface area contributed by atoms with Gasteiger partial charge in [0.2, 0.25) is 0 Å². The van der Waals surface area contributed by atoms with Crippen molar-refractivity contribution < 1.29 is 19.8 Å². The molecular formula is C22H21NO4. The molecule has 5 nitrogen and oxygen atoms in total. The Labute approximate surface area is 157 Å². The van der Waals surface area contributed by atoms with Crippen molar-refractivity contribution in [2.24, 2.45) is 0 Å². The number of carboxylic acid groups (broad SMARTS) is 2. The minimum Gasteiger partial charge on any atom is -0.481 e. The fraction of sp³-hybridized carbons (Fsp3) is 0.182. The smallest absolute Gasteiger partial charge is 0.303 e. The van der Waals surface area contributed by atoms with Crippen molar-refractivity contribution in [3.8, 4) is 16.9 Å². The summed E-state index contributed by atoms with van der Waals surface area (Å²) >= 11 is 0. The lowest BCUT2D eigenvalue weighted by Gasteiger charge is -2.11. The highest BCUT2D eigenvalue weighted by Crippen LogP contribution is 2.25. The lowest BCUT2D eigenvalue weighted by atomic mass is 10.1. The van der Waals surface area contributed by atoms with Gasteiger partial charge in [0.05, 0.1) is 5.69 Å². The van der Waals surface area contributed by atoms with Crippen LogP contribution >= 0.6 is 0 Å². The fourth-order valence-corrected chi connectivity index (χ4v) is 3.01. The third kappa shape index (κ3) is 4.85. The molecule has 0 fully saturated rings. The zero-order valence-electron chi connectivity index (χ0n) is 14.8. The molecule has 0 amide bonds. The molecule has 0 saturated heterocycles. The maximum absolute atomic E-state index is 10.7. The first-order chi connectivity index (χ1) is 13.0. The van der Waals surface area contributed by atoms with E-state index >= 15 is 0 Å². The largest absolute Gasteiger partial charge is 0.481 e. The van der Waals surface area contributed by atoms with Gasteiger partial charge in [0, 0.05) is 24.7 Å². The first kappa shape index (κ1) is 18.5. The predicted molar refractivity (Wildman–Crippen MR) is 103 cm³/mol. The Morgan fingerprint density at radius 1 is 0.741 bits per heavy atom. The lowest BCUT2D eigenvalue weighted by molar-refractivity contribution is -0.138. The van der Waals surface area contributed by atoms with Gasteiger partial charge in [-0.1, -0.05) is 36.4 Å². The fourth-order valence-electron chi connectivity index (χ4n) is 3.01. The number of hydrogen-bond acceptors (Lipinski definition) is 2. The van der Waals surface area contributed by atoms with Gasteiger partial charge in [-0.2, -0.15) is 0 Å². The minimum atomic E-state index is -0.793. The summed E-state index contributed by atoms with van der Waals surface area (Å²) in [5.74, 6) is -1.58. The topological polar surface area (TPSA) is 79.5 Å². The second-order valence-corrected chi connectivity index (χ2v) is 6.41. The van der Waals surface area contributed by atoms with Gasteiger partial charge < -0.3 is 14.8 Å². The Bertz CT molecular complexity index is 848. The molecule has 0 unspecified atom stereocenters. The van der Waals surface area contributed by atoms with Crippen LogP contribution in [0.4, 0.5) is 0 Å². The molecule has 0 saturated carbocycles. The van der Waals surface area contributed by atoms with Gasteiger partial charge in [-0.3, -0.25) is 9.59 Å². The van der Waals surface area contributed by atoms with Crippen molar-refractivity contribution in [1.29, 1.82) is 0 Å². The summed E-state index contributed by atoms with van der Waals surface area (Å²) in [5.41, 5.74) is 5.09. The molecule has 0 spiro atoms. The van der Waals surface area contributed by atoms with Crippen LogP contribution < -0.4 is 0 Å². The van der Waals surface area contributed by atoms with Crippen LogP contribution in [0.3, 0.4) is 0 Å². The third-order valence-electron chi connectivity index (χ3n) is 4.47. The van der Waals surface area contributed by atoms with Crippen LogP contribution in [0.25, 0.3) is 16.9 Å². The van der Waals surface area contributed by atoms with Crippen molar-refractivity contribution in [3.63, 3.8) is 0 Å². The van der Waals surface area contributed by atoms with E-state index in [1.807, 2.05) is 66.9 Å². The Morgan fingerprint density at radius 2 is 1.26 bits per heavy atom. The van der Waals surface area contributed by atoms with Crippen molar-refractivity contribution in [1.82, 2.24) is 4.57 Å². The van der Waals surface area contributed by atoms with E-state index in [0.717, 1.165) is 28.1 Å². The summed E-state index contributed by atoms with van der Waals surface area (Å²) in [6.45, 7) is 0. The zero-order valence-corrected chi connectivity index (χ0v) is 14.8. The van der Waals surface area contributed by atoms with Crippen LogP contribution in [-0.2, 0) is 22.4 Å². The molecule has 27 heavy (non-hydrogen) atoms. The monoisotopic (exact) mass is 363 g/mol. The van der Waals surface area contributed by atoms with Crippen molar-refractivity contribution in [2.45, 2.75) is 25.7 Å². The normalized spacial score (nSPS) is 10.7. The molecule has 1 heterocycles. The number of carboxylic acids is 2. The van der Waals surface area contributed by atoms with Gasteiger partial charge >= 0.3 is 11.9 Å². The van der Waals surface area contributed by atoms with Crippen LogP contribution in [0.2, 0.25) is 0 Å². The van der Waals surface area contributed by atoms with Gasteiger partial charge in [-0.15, -0.1) is 0 Å². The number of aromatic nitrogens is 1. The van der Waals surface area contributed by atoms with E-state index in [-0.39, 0.29) is 12.8 Å². The number of aryl methyl sites for hydroxylation is 2. The van der Waals surface area contributed by atoms with Gasteiger partial charge in [-0.05, 0) is 53.8 Å². The highest BCUT2D eigenvalue weighted by Gasteiger charge is 2.07. The summed E-state index contributed by atoms with van der Waals surface area (Å²) in [5, 5.41) is 17.6. The van der Waals surface area contributed by atoms with Crippen molar-refractivity contribution in [3.05, 3.63) is 78.0 Å². The summed E-state index contributed by atoms with van der Waals surface area (Å²) in [6, 6.07) is 19.8. The Hall–Kier alpha value is -3.34. The SMILES string of the molecule is O=C(O)CCc1ccc(-c2cccn2-c2ccc(CCC(=O)O)cc2)cc1. The molecule has 3 aromatic rings. The molecule has 2 N–H and O–H groups in total. The first-order valence-electron chi connectivity index (χ1n) is 8.82. The molecule has 0 aliphatic carbocycles. The van der Waals surface area contributed by atoms with Gasteiger partial charge in [-0.25, -0.2) is 0 Å². The molecule has 2 aromatic carbocycles. The van der Waals surface area contributed by atoms with E-state index in [1.54, 1.807) is 0 Å². The number of benzene rings is 2. The molecule has 5 heteroatoms. The maximum Gasteiger partial charge on any atom is 0.303 e. The number of carbonyl (C=O) groups is 2. The molecule has 3 rings (SSSR count). The Balaban J connectivity index is 1.77. The van der Waals surface area contributed by atoms with E-state index in [2.05, 4.69) is 4.57 Å². The average Bonchev–Trinajstić information content (AvgIpc) is 3.15. The summed E-state index contributed by atoms with van der Waals surface area (Å²) in [6.07, 6.45) is 3.28. The number of rotatable bonds is 8. The van der Waals surface area contributed by atoms with E-state index < -0.39 is 11.9 Å². The van der Waals surface area contributed by atoms with E-state index in [4.69, 9.17) is 10.2 Å². The lowest BCUT2D eigenvalue weighted by Crippen LogP contribution is -1.99. The average molecular weight is 363 g/mol. The third-order valence-corrected chi connectivity index (χ3v) is 4.47. The molecule has 0 aliphatic heterocycles. The van der Waals surface area contributed by atoms with Crippen LogP contribution in [0.1, 0.15) is 24.0 Å². The number of hydrogen-bond donors (Lipinski definition) is 2. The van der Waals surface area contributed by atoms with Crippen LogP contribution in [0.5, 0.6) is 0 Å². The quantitative estimate of drug-likeness (QED) is 0.629. The van der Waals surface area contributed by atoms with Crippen LogP contribution in [0.15, 0.2) is 66.9 Å². The molecule has 0 bridgehead atoms. The Kier molecular flexibility index (Phi) is 5.71. The van der Waals surface area contributed by atoms with Crippen LogP contribution in [0, 0.1) is 0 Å². The molecule has 0 aliphatic rings. The molecule has 1 aromatic heterocycles. The van der Waals surface area contributed by atoms with Gasteiger partial charge in [0.15, 0.2) is 0 Å². The highest BCUT2D eigenvalue weighted by molar-refractivity contribution is 5.68. The maximum atomic E-state index is 10.7. The minimum absolute atomic E-state index is 0.127. The second-order valence-electron chi connectivity index (χ2n) is 6.41. The molecule has 0 radical (unpaired) electrons. The van der Waals surface area contributed by atoms with Crippen LogP contribution in [-0.4, -0.2) is 26.7 Å². The second kappa shape index (κ2) is 8.36.